The van der Waals surface area contributed by atoms with Crippen molar-refractivity contribution >= 4 is 11.8 Å². The van der Waals surface area contributed by atoms with Crippen LogP contribution in [0.1, 0.15) is 12.0 Å². The van der Waals surface area contributed by atoms with Crippen LogP contribution in [0.3, 0.4) is 0 Å². The fourth-order valence-corrected chi connectivity index (χ4v) is 1.75. The molecule has 1 heterocycles. The average Bonchev–Trinajstić information content (AvgIpc) is 2.38. The summed E-state index contributed by atoms with van der Waals surface area (Å²) in [6.45, 7) is 0.238. The van der Waals surface area contributed by atoms with E-state index in [4.69, 9.17) is 15.3 Å². The zero-order valence-corrected chi connectivity index (χ0v) is 8.96. The normalized spacial score (nSPS) is 19.1. The Balaban J connectivity index is 2.46. The van der Waals surface area contributed by atoms with Gasteiger partial charge in [-0.05, 0) is 12.1 Å². The van der Waals surface area contributed by atoms with E-state index in [-0.39, 0.29) is 6.61 Å². The van der Waals surface area contributed by atoms with Gasteiger partial charge >= 0.3 is 6.09 Å². The van der Waals surface area contributed by atoms with E-state index in [9.17, 15) is 4.79 Å². The number of amides is 1. The summed E-state index contributed by atoms with van der Waals surface area (Å²) >= 11 is 0. The number of ether oxygens (including phenoxy) is 1. The molecule has 0 N–H and O–H groups in total. The fraction of sp³-hybridized carbons (Fsp3) is 0.250. The molecule has 1 aliphatic heterocycles. The van der Waals surface area contributed by atoms with Crippen molar-refractivity contribution in [3.05, 3.63) is 29.8 Å². The van der Waals surface area contributed by atoms with Crippen LogP contribution in [0.2, 0.25) is 0 Å². The van der Waals surface area contributed by atoms with Crippen molar-refractivity contribution in [2.24, 2.45) is 0 Å². The lowest BCUT2D eigenvalue weighted by atomic mass is 10.1. The molecule has 1 fully saturated rings. The first kappa shape index (κ1) is 11.0. The second-order valence-corrected chi connectivity index (χ2v) is 3.55. The second-order valence-electron chi connectivity index (χ2n) is 3.55. The molecule has 1 aromatic carbocycles. The standard InChI is InChI=1S/C12H9N3O2/c13-7-9-3-1-2-4-11(9)15-10(8-14)5-6-17-12(15)16/h1-4,10H,5-6H2. The molecule has 0 bridgehead atoms. The maximum atomic E-state index is 11.7. The van der Waals surface area contributed by atoms with Gasteiger partial charge in [-0.1, -0.05) is 12.1 Å². The van der Waals surface area contributed by atoms with E-state index >= 15 is 0 Å². The molecule has 5 nitrogen and oxygen atoms in total. The number of cyclic esters (lactones) is 1. The minimum Gasteiger partial charge on any atom is -0.449 e. The zero-order chi connectivity index (χ0) is 12.3. The van der Waals surface area contributed by atoms with Gasteiger partial charge in [0.25, 0.3) is 0 Å². The minimum absolute atomic E-state index is 0.238. The van der Waals surface area contributed by atoms with Gasteiger partial charge in [0.2, 0.25) is 0 Å². The van der Waals surface area contributed by atoms with E-state index in [1.165, 1.54) is 4.90 Å². The Morgan fingerprint density at radius 1 is 1.35 bits per heavy atom. The topological polar surface area (TPSA) is 77.1 Å². The van der Waals surface area contributed by atoms with E-state index in [0.717, 1.165) is 0 Å². The van der Waals surface area contributed by atoms with Crippen LogP contribution in [0.5, 0.6) is 0 Å². The maximum absolute atomic E-state index is 11.7. The first-order chi connectivity index (χ1) is 8.27. The van der Waals surface area contributed by atoms with Gasteiger partial charge in [-0.25, -0.2) is 4.79 Å². The molecule has 1 saturated heterocycles. The molecule has 1 aliphatic rings. The summed E-state index contributed by atoms with van der Waals surface area (Å²) in [5.41, 5.74) is 0.776. The SMILES string of the molecule is N#Cc1ccccc1N1C(=O)OCCC1C#N. The number of carbonyl (C=O) groups excluding carboxylic acids is 1. The van der Waals surface area contributed by atoms with E-state index in [1.807, 2.05) is 12.1 Å². The van der Waals surface area contributed by atoms with Crippen LogP contribution < -0.4 is 4.90 Å². The summed E-state index contributed by atoms with van der Waals surface area (Å²) < 4.78 is 4.90. The lowest BCUT2D eigenvalue weighted by Gasteiger charge is -2.31. The second kappa shape index (κ2) is 4.54. The average molecular weight is 227 g/mol. The smallest absolute Gasteiger partial charge is 0.415 e. The van der Waals surface area contributed by atoms with Gasteiger partial charge in [0.1, 0.15) is 12.1 Å². The maximum Gasteiger partial charge on any atom is 0.415 e. The predicted molar refractivity (Wildman–Crippen MR) is 59.0 cm³/mol. The zero-order valence-electron chi connectivity index (χ0n) is 8.96. The van der Waals surface area contributed by atoms with Crippen LogP contribution in [0.25, 0.3) is 0 Å². The van der Waals surface area contributed by atoms with Crippen LogP contribution in [-0.2, 0) is 4.74 Å². The molecule has 1 unspecified atom stereocenters. The molecule has 0 radical (unpaired) electrons. The Hall–Kier alpha value is -2.53. The van der Waals surface area contributed by atoms with Crippen LogP contribution in [0, 0.1) is 22.7 Å². The number of hydrogen-bond acceptors (Lipinski definition) is 4. The van der Waals surface area contributed by atoms with Crippen LogP contribution in [0.4, 0.5) is 10.5 Å². The molecule has 0 saturated carbocycles. The number of carbonyl (C=O) groups is 1. The number of benzene rings is 1. The van der Waals surface area contributed by atoms with Crippen molar-refractivity contribution in [2.75, 3.05) is 11.5 Å². The monoisotopic (exact) mass is 227 g/mol. The van der Waals surface area contributed by atoms with Crippen LogP contribution in [-0.4, -0.2) is 18.7 Å². The van der Waals surface area contributed by atoms with Crippen molar-refractivity contribution in [1.82, 2.24) is 0 Å². The number of nitriles is 2. The summed E-state index contributed by atoms with van der Waals surface area (Å²) in [5.74, 6) is 0. The summed E-state index contributed by atoms with van der Waals surface area (Å²) in [4.78, 5) is 12.9. The lowest BCUT2D eigenvalue weighted by Crippen LogP contribution is -2.45. The summed E-state index contributed by atoms with van der Waals surface area (Å²) in [6.07, 6.45) is -0.132. The Morgan fingerprint density at radius 2 is 2.12 bits per heavy atom. The third-order valence-corrected chi connectivity index (χ3v) is 2.56. The molecule has 0 aliphatic carbocycles. The lowest BCUT2D eigenvalue weighted by molar-refractivity contribution is 0.134. The van der Waals surface area contributed by atoms with E-state index in [0.29, 0.717) is 17.7 Å². The van der Waals surface area contributed by atoms with Gasteiger partial charge in [0.15, 0.2) is 0 Å². The van der Waals surface area contributed by atoms with Crippen molar-refractivity contribution in [1.29, 1.82) is 10.5 Å². The molecule has 1 atom stereocenters. The van der Waals surface area contributed by atoms with Gasteiger partial charge in [0, 0.05) is 6.42 Å². The molecule has 17 heavy (non-hydrogen) atoms. The third kappa shape index (κ3) is 1.91. The Bertz CT molecular complexity index is 527. The number of rotatable bonds is 1. The minimum atomic E-state index is -0.578. The van der Waals surface area contributed by atoms with Crippen LogP contribution in [0.15, 0.2) is 24.3 Å². The van der Waals surface area contributed by atoms with Crippen molar-refractivity contribution < 1.29 is 9.53 Å². The third-order valence-electron chi connectivity index (χ3n) is 2.56. The first-order valence-electron chi connectivity index (χ1n) is 5.12. The molecule has 5 heteroatoms. The van der Waals surface area contributed by atoms with Crippen molar-refractivity contribution in [3.8, 4) is 12.1 Å². The Kier molecular flexibility index (Phi) is 2.93. The number of nitrogens with zero attached hydrogens (tertiary/aromatic N) is 3. The number of hydrogen-bond donors (Lipinski definition) is 0. The largest absolute Gasteiger partial charge is 0.449 e. The van der Waals surface area contributed by atoms with E-state index in [1.54, 1.807) is 24.3 Å². The van der Waals surface area contributed by atoms with E-state index in [2.05, 4.69) is 0 Å². The molecule has 0 spiro atoms. The molecule has 1 amide bonds. The molecule has 0 aromatic heterocycles. The fourth-order valence-electron chi connectivity index (χ4n) is 1.75. The van der Waals surface area contributed by atoms with Gasteiger partial charge in [0.05, 0.1) is 23.9 Å². The summed E-state index contributed by atoms with van der Waals surface area (Å²) in [6, 6.07) is 10.1. The van der Waals surface area contributed by atoms with Gasteiger partial charge in [-0.15, -0.1) is 0 Å². The quantitative estimate of drug-likeness (QED) is 0.732. The van der Waals surface area contributed by atoms with Crippen molar-refractivity contribution in [3.63, 3.8) is 0 Å². The first-order valence-corrected chi connectivity index (χ1v) is 5.12. The Labute approximate surface area is 98.4 Å². The molecule has 84 valence electrons. The highest BCUT2D eigenvalue weighted by Gasteiger charge is 2.32. The highest BCUT2D eigenvalue weighted by atomic mass is 16.6. The molecular weight excluding hydrogens is 218 g/mol. The highest BCUT2D eigenvalue weighted by Crippen LogP contribution is 2.26. The Morgan fingerprint density at radius 3 is 2.82 bits per heavy atom. The van der Waals surface area contributed by atoms with Gasteiger partial charge in [-0.3, -0.25) is 4.90 Å². The predicted octanol–water partition coefficient (Wildman–Crippen LogP) is 1.80. The number of para-hydroxylation sites is 1. The summed E-state index contributed by atoms with van der Waals surface area (Å²) in [5, 5.41) is 18.0. The molecule has 2 rings (SSSR count). The number of anilines is 1. The van der Waals surface area contributed by atoms with Gasteiger partial charge < -0.3 is 4.74 Å². The molecule has 1 aromatic rings. The molecular formula is C12H9N3O2. The van der Waals surface area contributed by atoms with E-state index < -0.39 is 12.1 Å². The van der Waals surface area contributed by atoms with Crippen LogP contribution >= 0.6 is 0 Å². The summed E-state index contributed by atoms with van der Waals surface area (Å²) in [7, 11) is 0. The highest BCUT2D eigenvalue weighted by molar-refractivity contribution is 5.91. The van der Waals surface area contributed by atoms with Crippen molar-refractivity contribution in [2.45, 2.75) is 12.5 Å². The van der Waals surface area contributed by atoms with Gasteiger partial charge in [-0.2, -0.15) is 10.5 Å².